The summed E-state index contributed by atoms with van der Waals surface area (Å²) in [5, 5.41) is 22.9. The van der Waals surface area contributed by atoms with Gasteiger partial charge in [-0.2, -0.15) is 0 Å². The Morgan fingerprint density at radius 3 is 2.04 bits per heavy atom. The van der Waals surface area contributed by atoms with E-state index in [4.69, 9.17) is 4.74 Å². The van der Waals surface area contributed by atoms with E-state index < -0.39 is 69.8 Å². The largest absolute Gasteiger partial charge is 0.453 e. The highest BCUT2D eigenvalue weighted by molar-refractivity contribution is 8.00. The van der Waals surface area contributed by atoms with Gasteiger partial charge in [0, 0.05) is 10.3 Å². The van der Waals surface area contributed by atoms with E-state index in [0.29, 0.717) is 12.0 Å². The Hall–Kier alpha value is -4.10. The summed E-state index contributed by atoms with van der Waals surface area (Å²) in [6, 6.07) is 13.3. The maximum atomic E-state index is 14.1. The van der Waals surface area contributed by atoms with Gasteiger partial charge in [-0.05, 0) is 57.1 Å². The summed E-state index contributed by atoms with van der Waals surface area (Å²) in [4.78, 5) is 69.2. The number of alkyl carbamates (subject to hydrolysis) is 1. The zero-order chi connectivity index (χ0) is 37.4. The van der Waals surface area contributed by atoms with Gasteiger partial charge in [-0.3, -0.25) is 19.2 Å². The van der Waals surface area contributed by atoms with Gasteiger partial charge >= 0.3 is 6.09 Å². The molecule has 1 heterocycles. The predicted octanol–water partition coefficient (Wildman–Crippen LogP) is 3.69. The molecule has 274 valence electrons. The third kappa shape index (κ3) is 10.5. The number of methoxy groups -OCH3 is 1. The van der Waals surface area contributed by atoms with Crippen molar-refractivity contribution in [1.82, 2.24) is 26.2 Å². The van der Waals surface area contributed by atoms with Crippen LogP contribution in [0.1, 0.15) is 79.0 Å². The van der Waals surface area contributed by atoms with Crippen LogP contribution in [0.4, 0.5) is 4.79 Å². The summed E-state index contributed by atoms with van der Waals surface area (Å²) in [7, 11) is 1.18. The van der Waals surface area contributed by atoms with E-state index in [1.54, 1.807) is 51.1 Å². The van der Waals surface area contributed by atoms with Crippen molar-refractivity contribution in [3.63, 3.8) is 0 Å². The second-order valence-electron chi connectivity index (χ2n) is 14.9. The molecule has 0 aromatic heterocycles. The van der Waals surface area contributed by atoms with Crippen molar-refractivity contribution >= 4 is 41.5 Å². The van der Waals surface area contributed by atoms with Gasteiger partial charge in [0.1, 0.15) is 18.1 Å². The minimum atomic E-state index is -1.72. The predicted molar refractivity (Wildman–Crippen MR) is 194 cm³/mol. The van der Waals surface area contributed by atoms with E-state index in [2.05, 4.69) is 21.3 Å². The summed E-state index contributed by atoms with van der Waals surface area (Å²) >= 11 is 1.43. The van der Waals surface area contributed by atoms with E-state index in [1.165, 1.54) is 23.8 Å². The maximum Gasteiger partial charge on any atom is 0.407 e. The number of nitrogens with one attached hydrogen (secondary N) is 4. The maximum absolute atomic E-state index is 14.1. The first-order valence-electron chi connectivity index (χ1n) is 16.8. The molecule has 2 aromatic carbocycles. The highest BCUT2D eigenvalue weighted by atomic mass is 32.2. The van der Waals surface area contributed by atoms with Crippen LogP contribution in [0, 0.1) is 5.41 Å². The number of rotatable bonds is 13. The highest BCUT2D eigenvalue weighted by Gasteiger charge is 2.50. The normalized spacial score (nSPS) is 18.2. The molecule has 0 radical (unpaired) electrons. The van der Waals surface area contributed by atoms with Gasteiger partial charge in [-0.1, -0.05) is 88.4 Å². The van der Waals surface area contributed by atoms with E-state index >= 15 is 0 Å². The molecule has 5 N–H and O–H groups in total. The smallest absolute Gasteiger partial charge is 0.407 e. The number of hydrogen-bond donors (Lipinski definition) is 5. The molecule has 1 fully saturated rings. The number of hydrogen-bond acceptors (Lipinski definition) is 8. The Morgan fingerprint density at radius 1 is 0.920 bits per heavy atom. The fraction of sp³-hybridized carbons (Fsp3) is 0.541. The molecule has 0 spiro atoms. The second kappa shape index (κ2) is 16.7. The molecule has 0 bridgehead atoms. The van der Waals surface area contributed by atoms with Gasteiger partial charge in [0.05, 0.1) is 19.0 Å². The summed E-state index contributed by atoms with van der Waals surface area (Å²) < 4.78 is 4.09. The number of amides is 5. The minimum absolute atomic E-state index is 0.0882. The fourth-order valence-electron chi connectivity index (χ4n) is 5.64. The number of aliphatic hydroxyl groups is 1. The van der Waals surface area contributed by atoms with Gasteiger partial charge in [0.2, 0.25) is 17.7 Å². The molecule has 5 amide bonds. The van der Waals surface area contributed by atoms with Crippen LogP contribution in [0.2, 0.25) is 0 Å². The highest BCUT2D eigenvalue weighted by Crippen LogP contribution is 2.40. The first-order chi connectivity index (χ1) is 23.3. The Morgan fingerprint density at radius 2 is 1.50 bits per heavy atom. The molecule has 2 aromatic rings. The van der Waals surface area contributed by atoms with Crippen molar-refractivity contribution < 1.29 is 33.8 Å². The van der Waals surface area contributed by atoms with E-state index in [0.717, 1.165) is 5.56 Å². The van der Waals surface area contributed by atoms with Crippen LogP contribution >= 0.6 is 11.8 Å². The number of thioether (sulfide) groups is 1. The molecule has 1 aliphatic rings. The average molecular weight is 712 g/mol. The van der Waals surface area contributed by atoms with Crippen LogP contribution in [0.5, 0.6) is 0 Å². The number of aliphatic hydroxyl groups excluding tert-OH is 1. The van der Waals surface area contributed by atoms with Crippen molar-refractivity contribution in [1.29, 1.82) is 0 Å². The lowest BCUT2D eigenvalue weighted by atomic mass is 9.85. The van der Waals surface area contributed by atoms with E-state index in [-0.39, 0.29) is 18.2 Å². The summed E-state index contributed by atoms with van der Waals surface area (Å²) in [6.45, 7) is 14.8. The van der Waals surface area contributed by atoms with Gasteiger partial charge < -0.3 is 36.0 Å². The lowest BCUT2D eigenvalue weighted by molar-refractivity contribution is -0.148. The van der Waals surface area contributed by atoms with Gasteiger partial charge in [-0.15, -0.1) is 11.8 Å². The zero-order valence-electron chi connectivity index (χ0n) is 30.5. The monoisotopic (exact) mass is 711 g/mol. The molecule has 1 saturated heterocycles. The number of nitrogens with zero attached hydrogens (tertiary/aromatic N) is 1. The van der Waals surface area contributed by atoms with Gasteiger partial charge in [0.25, 0.3) is 5.91 Å². The zero-order valence-corrected chi connectivity index (χ0v) is 31.4. The van der Waals surface area contributed by atoms with Crippen molar-refractivity contribution in [3.05, 3.63) is 71.8 Å². The van der Waals surface area contributed by atoms with Crippen LogP contribution in [0.3, 0.4) is 0 Å². The lowest BCUT2D eigenvalue weighted by Crippen LogP contribution is -2.62. The van der Waals surface area contributed by atoms with E-state index in [1.807, 2.05) is 65.0 Å². The first-order valence-corrected chi connectivity index (χ1v) is 17.8. The molecule has 0 saturated carbocycles. The van der Waals surface area contributed by atoms with Crippen LogP contribution in [-0.2, 0) is 30.3 Å². The van der Waals surface area contributed by atoms with Gasteiger partial charge in [0.15, 0.2) is 6.10 Å². The van der Waals surface area contributed by atoms with Crippen molar-refractivity contribution in [2.24, 2.45) is 5.41 Å². The van der Waals surface area contributed by atoms with Crippen molar-refractivity contribution in [2.45, 2.75) is 109 Å². The van der Waals surface area contributed by atoms with Crippen molar-refractivity contribution in [2.75, 3.05) is 13.0 Å². The third-order valence-electron chi connectivity index (χ3n) is 8.94. The molecular weight excluding hydrogens is 659 g/mol. The van der Waals surface area contributed by atoms with Gasteiger partial charge in [-0.25, -0.2) is 4.79 Å². The number of carbonyl (C=O) groups excluding carboxylic acids is 5. The Balaban J connectivity index is 1.93. The molecule has 0 unspecified atom stereocenters. The lowest BCUT2D eigenvalue weighted by Gasteiger charge is -2.37. The summed E-state index contributed by atoms with van der Waals surface area (Å²) in [5.41, 5.74) is -0.125. The summed E-state index contributed by atoms with van der Waals surface area (Å²) in [5.74, 6) is -2.14. The third-order valence-corrected chi connectivity index (χ3v) is 10.3. The van der Waals surface area contributed by atoms with Crippen LogP contribution in [0.15, 0.2) is 60.7 Å². The van der Waals surface area contributed by atoms with Crippen LogP contribution in [0.25, 0.3) is 0 Å². The second-order valence-corrected chi connectivity index (χ2v) is 16.5. The standard InChI is InChI=1S/C37H53N5O7S/c1-10-36(5,6)41-32(46)29-37(7,8)50-22-42(29)33(47)27(43)25(21-23-17-13-11-14-18-23)38-31(45)28(35(2,3)4)40-30(44)26(39-34(48)49-9)24-19-15-12-16-20-24/h11-20,25-29,43H,10,21-22H2,1-9H3,(H,38,45)(H,39,48)(H,40,44)(H,41,46)/t25-,26-,27-,28+,29+/m0/s1. The molecule has 12 nitrogen and oxygen atoms in total. The molecule has 13 heteroatoms. The molecule has 5 atom stereocenters. The molecule has 50 heavy (non-hydrogen) atoms. The molecular formula is C37H53N5O7S. The number of benzene rings is 2. The van der Waals surface area contributed by atoms with E-state index in [9.17, 15) is 29.1 Å². The Bertz CT molecular complexity index is 1500. The average Bonchev–Trinajstić information content (AvgIpc) is 3.39. The quantitative estimate of drug-likeness (QED) is 0.210. The Kier molecular flexibility index (Phi) is 13.5. The minimum Gasteiger partial charge on any atom is -0.453 e. The van der Waals surface area contributed by atoms with Crippen molar-refractivity contribution in [3.8, 4) is 0 Å². The SMILES string of the molecule is CCC(C)(C)NC(=O)[C@H]1N(C(=O)[C@@H](O)[C@H](Cc2ccccc2)NC(=O)[C@@H](NC(=O)[C@@H](NC(=O)OC)c2ccccc2)C(C)(C)C)CSC1(C)C. The summed E-state index contributed by atoms with van der Waals surface area (Å²) in [6.07, 6.45) is -1.79. The first kappa shape index (κ1) is 40.3. The number of ether oxygens (including phenoxy) is 1. The molecule has 1 aliphatic heterocycles. The molecule has 0 aliphatic carbocycles. The Labute approximate surface area is 299 Å². The molecule has 3 rings (SSSR count). The topological polar surface area (TPSA) is 166 Å². The van der Waals surface area contributed by atoms with Crippen LogP contribution in [-0.4, -0.2) is 87.2 Å². The fourth-order valence-corrected chi connectivity index (χ4v) is 6.78. The van der Waals surface area contributed by atoms with Crippen LogP contribution < -0.4 is 21.3 Å². The number of carbonyl (C=O) groups is 5.